The fourth-order valence-corrected chi connectivity index (χ4v) is 1.41. The zero-order valence-electron chi connectivity index (χ0n) is 9.15. The summed E-state index contributed by atoms with van der Waals surface area (Å²) in [5, 5.41) is 0. The van der Waals surface area contributed by atoms with Crippen molar-refractivity contribution in [3.63, 3.8) is 0 Å². The van der Waals surface area contributed by atoms with Gasteiger partial charge in [-0.15, -0.1) is 0 Å². The highest BCUT2D eigenvalue weighted by Crippen LogP contribution is 2.22. The minimum absolute atomic E-state index is 0.0459. The topological polar surface area (TPSA) is 21.7 Å². The highest BCUT2D eigenvalue weighted by molar-refractivity contribution is 5.51. The molecule has 2 rings (SSSR count). The molecule has 0 amide bonds. The summed E-state index contributed by atoms with van der Waals surface area (Å²) in [5.41, 5.74) is 2.63. The van der Waals surface area contributed by atoms with Gasteiger partial charge in [0.25, 0.3) is 0 Å². The molecular formula is C12H13N3. The summed E-state index contributed by atoms with van der Waals surface area (Å²) < 4.78 is 1.91. The monoisotopic (exact) mass is 199 g/mol. The maximum Gasteiger partial charge on any atom is 0.203 e. The Labute approximate surface area is 89.2 Å². The van der Waals surface area contributed by atoms with Crippen molar-refractivity contribution in [2.75, 3.05) is 0 Å². The second kappa shape index (κ2) is 3.09. The molecule has 3 heteroatoms. The Morgan fingerprint density at radius 3 is 2.60 bits per heavy atom. The summed E-state index contributed by atoms with van der Waals surface area (Å²) in [5.74, 6) is 0. The quantitative estimate of drug-likeness (QED) is 0.597. The number of pyridine rings is 1. The van der Waals surface area contributed by atoms with Gasteiger partial charge in [0.2, 0.25) is 5.69 Å². The fraction of sp³-hybridized carbons (Fsp3) is 0.333. The molecule has 0 aliphatic rings. The van der Waals surface area contributed by atoms with Crippen LogP contribution in [0, 0.1) is 6.57 Å². The third-order valence-corrected chi connectivity index (χ3v) is 2.33. The largest absolute Gasteiger partial charge is 0.317 e. The lowest BCUT2D eigenvalue weighted by molar-refractivity contribution is 0.573. The average Bonchev–Trinajstić information content (AvgIpc) is 2.59. The predicted molar refractivity (Wildman–Crippen MR) is 60.2 cm³/mol. The van der Waals surface area contributed by atoms with Gasteiger partial charge in [-0.25, -0.2) is 9.83 Å². The molecule has 0 N–H and O–H groups in total. The van der Waals surface area contributed by atoms with Gasteiger partial charge < -0.3 is 4.40 Å². The van der Waals surface area contributed by atoms with Gasteiger partial charge in [0.05, 0.1) is 12.3 Å². The van der Waals surface area contributed by atoms with Crippen molar-refractivity contribution < 1.29 is 0 Å². The Balaban J connectivity index is 2.62. The number of hydrogen-bond donors (Lipinski definition) is 0. The second-order valence-electron chi connectivity index (χ2n) is 4.64. The normalized spacial score (nSPS) is 11.6. The van der Waals surface area contributed by atoms with E-state index >= 15 is 0 Å². The minimum atomic E-state index is 0.0459. The summed E-state index contributed by atoms with van der Waals surface area (Å²) in [4.78, 5) is 7.91. The van der Waals surface area contributed by atoms with Gasteiger partial charge in [-0.05, 0) is 6.07 Å². The number of fused-ring (bicyclic) bond motifs is 1. The SMILES string of the molecule is [C-]#[N+]c1ccc2nc(C(C)(C)C)cn2c1. The zero-order chi connectivity index (χ0) is 11.1. The number of hydrogen-bond acceptors (Lipinski definition) is 1. The highest BCUT2D eigenvalue weighted by Gasteiger charge is 2.17. The highest BCUT2D eigenvalue weighted by atomic mass is 15.0. The van der Waals surface area contributed by atoms with E-state index in [2.05, 4.69) is 30.6 Å². The Bertz CT molecular complexity index is 538. The number of rotatable bonds is 0. The van der Waals surface area contributed by atoms with Crippen LogP contribution in [0.3, 0.4) is 0 Å². The first-order chi connectivity index (χ1) is 7.00. The molecule has 0 bridgehead atoms. The van der Waals surface area contributed by atoms with Crippen LogP contribution in [0.25, 0.3) is 10.5 Å². The van der Waals surface area contributed by atoms with Crippen molar-refractivity contribution >= 4 is 11.3 Å². The van der Waals surface area contributed by atoms with Crippen LogP contribution in [0.4, 0.5) is 5.69 Å². The van der Waals surface area contributed by atoms with Gasteiger partial charge >= 0.3 is 0 Å². The molecule has 0 atom stereocenters. The zero-order valence-corrected chi connectivity index (χ0v) is 9.15. The summed E-state index contributed by atoms with van der Waals surface area (Å²) >= 11 is 0. The molecule has 2 aromatic heterocycles. The molecule has 0 spiro atoms. The van der Waals surface area contributed by atoms with Crippen LogP contribution in [0.15, 0.2) is 24.5 Å². The molecular weight excluding hydrogens is 186 g/mol. The minimum Gasteiger partial charge on any atom is -0.317 e. The van der Waals surface area contributed by atoms with Crippen molar-refractivity contribution in [2.45, 2.75) is 26.2 Å². The third-order valence-electron chi connectivity index (χ3n) is 2.33. The smallest absolute Gasteiger partial charge is 0.203 e. The molecule has 0 saturated heterocycles. The molecule has 2 heterocycles. The van der Waals surface area contributed by atoms with Crippen molar-refractivity contribution in [1.29, 1.82) is 0 Å². The molecule has 2 aromatic rings. The summed E-state index contributed by atoms with van der Waals surface area (Å²) in [7, 11) is 0. The third kappa shape index (κ3) is 1.71. The Hall–Kier alpha value is -1.82. The van der Waals surface area contributed by atoms with Crippen molar-refractivity contribution in [1.82, 2.24) is 9.38 Å². The van der Waals surface area contributed by atoms with Gasteiger partial charge in [0.1, 0.15) is 5.65 Å². The lowest BCUT2D eigenvalue weighted by atomic mass is 9.93. The van der Waals surface area contributed by atoms with Crippen LogP contribution in [-0.2, 0) is 5.41 Å². The van der Waals surface area contributed by atoms with Gasteiger partial charge in [-0.2, -0.15) is 0 Å². The molecule has 0 aromatic carbocycles. The Morgan fingerprint density at radius 1 is 1.27 bits per heavy atom. The summed E-state index contributed by atoms with van der Waals surface area (Å²) in [6, 6.07) is 3.67. The molecule has 0 fully saturated rings. The molecule has 0 aliphatic carbocycles. The van der Waals surface area contributed by atoms with Crippen molar-refractivity contribution in [3.8, 4) is 0 Å². The van der Waals surface area contributed by atoms with E-state index < -0.39 is 0 Å². The predicted octanol–water partition coefficient (Wildman–Crippen LogP) is 3.18. The first kappa shape index (κ1) is 9.72. The van der Waals surface area contributed by atoms with Crippen LogP contribution < -0.4 is 0 Å². The molecule has 0 radical (unpaired) electrons. The summed E-state index contributed by atoms with van der Waals surface area (Å²) in [6.07, 6.45) is 3.80. The molecule has 0 saturated carbocycles. The molecule has 0 unspecified atom stereocenters. The van der Waals surface area contributed by atoms with Crippen LogP contribution in [0.2, 0.25) is 0 Å². The van der Waals surface area contributed by atoms with E-state index in [9.17, 15) is 0 Å². The number of aromatic nitrogens is 2. The molecule has 76 valence electrons. The average molecular weight is 199 g/mol. The standard InChI is InChI=1S/C12H13N3/c1-12(2,3)10-8-15-7-9(13-4)5-6-11(15)14-10/h5-8H,1-3H3. The Morgan fingerprint density at radius 2 is 2.00 bits per heavy atom. The maximum atomic E-state index is 6.94. The molecule has 0 aliphatic heterocycles. The summed E-state index contributed by atoms with van der Waals surface area (Å²) in [6.45, 7) is 13.3. The number of imidazole rings is 1. The molecule has 15 heavy (non-hydrogen) atoms. The van der Waals surface area contributed by atoms with Crippen LogP contribution in [-0.4, -0.2) is 9.38 Å². The van der Waals surface area contributed by atoms with Crippen molar-refractivity contribution in [3.05, 3.63) is 41.6 Å². The van der Waals surface area contributed by atoms with Gasteiger partial charge in [-0.3, -0.25) is 0 Å². The van der Waals surface area contributed by atoms with E-state index in [1.54, 1.807) is 6.07 Å². The number of nitrogens with zero attached hydrogens (tertiary/aromatic N) is 3. The van der Waals surface area contributed by atoms with Gasteiger partial charge in [-0.1, -0.05) is 26.8 Å². The first-order valence-corrected chi connectivity index (χ1v) is 4.87. The first-order valence-electron chi connectivity index (χ1n) is 4.87. The van der Waals surface area contributed by atoms with E-state index in [1.165, 1.54) is 0 Å². The van der Waals surface area contributed by atoms with E-state index in [4.69, 9.17) is 6.57 Å². The lowest BCUT2D eigenvalue weighted by Crippen LogP contribution is -2.11. The second-order valence-corrected chi connectivity index (χ2v) is 4.64. The van der Waals surface area contributed by atoms with Crippen LogP contribution in [0.5, 0.6) is 0 Å². The van der Waals surface area contributed by atoms with E-state index in [-0.39, 0.29) is 5.41 Å². The maximum absolute atomic E-state index is 6.94. The van der Waals surface area contributed by atoms with Gasteiger partial charge in [0.15, 0.2) is 0 Å². The van der Waals surface area contributed by atoms with Gasteiger partial charge in [0, 0.05) is 17.8 Å². The Kier molecular flexibility index (Phi) is 2.01. The lowest BCUT2D eigenvalue weighted by Gasteiger charge is -2.13. The fourth-order valence-electron chi connectivity index (χ4n) is 1.41. The van der Waals surface area contributed by atoms with Crippen LogP contribution >= 0.6 is 0 Å². The van der Waals surface area contributed by atoms with E-state index in [1.807, 2.05) is 22.9 Å². The van der Waals surface area contributed by atoms with Crippen molar-refractivity contribution in [2.24, 2.45) is 0 Å². The van der Waals surface area contributed by atoms with Crippen LogP contribution in [0.1, 0.15) is 26.5 Å². The van der Waals surface area contributed by atoms with E-state index in [0.717, 1.165) is 11.3 Å². The van der Waals surface area contributed by atoms with E-state index in [0.29, 0.717) is 5.69 Å². The molecule has 3 nitrogen and oxygen atoms in total.